The van der Waals surface area contributed by atoms with E-state index in [9.17, 15) is 9.18 Å². The molecule has 0 saturated carbocycles. The van der Waals surface area contributed by atoms with Gasteiger partial charge in [0.2, 0.25) is 0 Å². The van der Waals surface area contributed by atoms with E-state index in [1.165, 1.54) is 6.07 Å². The number of benzene rings is 2. The van der Waals surface area contributed by atoms with E-state index in [4.69, 9.17) is 0 Å². The maximum absolute atomic E-state index is 13.4. The smallest absolute Gasteiger partial charge is 0.252 e. The fraction of sp³-hybridized carbons (Fsp3) is 0.188. The molecule has 0 aliphatic heterocycles. The quantitative estimate of drug-likeness (QED) is 0.773. The Morgan fingerprint density at radius 3 is 2.62 bits per heavy atom. The number of thioether (sulfide) groups is 1. The molecular weight excluding hydrogens is 353 g/mol. The van der Waals surface area contributed by atoms with Gasteiger partial charge in [0.25, 0.3) is 5.91 Å². The van der Waals surface area contributed by atoms with Crippen LogP contribution in [-0.4, -0.2) is 18.2 Å². The van der Waals surface area contributed by atoms with Gasteiger partial charge in [-0.15, -0.1) is 0 Å². The number of rotatable bonds is 6. The highest BCUT2D eigenvalue weighted by Crippen LogP contribution is 2.16. The first kappa shape index (κ1) is 16.0. The summed E-state index contributed by atoms with van der Waals surface area (Å²) in [6.45, 7) is 0.555. The second-order valence-electron chi connectivity index (χ2n) is 4.38. The Bertz CT molecular complexity index is 621. The lowest BCUT2D eigenvalue weighted by Gasteiger charge is -2.07. The monoisotopic (exact) mass is 367 g/mol. The van der Waals surface area contributed by atoms with E-state index in [1.807, 2.05) is 24.3 Å². The van der Waals surface area contributed by atoms with Gasteiger partial charge < -0.3 is 5.32 Å². The van der Waals surface area contributed by atoms with Gasteiger partial charge in [-0.25, -0.2) is 4.39 Å². The molecular formula is C16H15BrFNOS. The zero-order valence-electron chi connectivity index (χ0n) is 11.3. The minimum Gasteiger partial charge on any atom is -0.351 e. The summed E-state index contributed by atoms with van der Waals surface area (Å²) in [6, 6.07) is 14.0. The molecule has 0 heterocycles. The van der Waals surface area contributed by atoms with Crippen LogP contribution in [0.1, 0.15) is 15.9 Å². The number of halogens is 2. The highest BCUT2D eigenvalue weighted by atomic mass is 79.9. The van der Waals surface area contributed by atoms with Gasteiger partial charge in [-0.2, -0.15) is 11.8 Å². The molecule has 0 atom stereocenters. The van der Waals surface area contributed by atoms with E-state index in [0.717, 1.165) is 10.2 Å². The second kappa shape index (κ2) is 8.20. The fourth-order valence-corrected chi connectivity index (χ4v) is 3.08. The molecule has 5 heteroatoms. The molecule has 2 aromatic rings. The first-order chi connectivity index (χ1) is 10.2. The molecule has 0 aliphatic carbocycles. The highest BCUT2D eigenvalue weighted by Gasteiger charge is 2.08. The van der Waals surface area contributed by atoms with Crippen LogP contribution < -0.4 is 5.32 Å². The molecule has 2 aromatic carbocycles. The minimum absolute atomic E-state index is 0.103. The summed E-state index contributed by atoms with van der Waals surface area (Å²) in [5.41, 5.74) is 1.32. The van der Waals surface area contributed by atoms with E-state index in [0.29, 0.717) is 23.4 Å². The summed E-state index contributed by atoms with van der Waals surface area (Å²) >= 11 is 4.95. The predicted octanol–water partition coefficient (Wildman–Crippen LogP) is 4.25. The van der Waals surface area contributed by atoms with Crippen LogP contribution in [0.4, 0.5) is 4.39 Å². The number of hydrogen-bond acceptors (Lipinski definition) is 2. The van der Waals surface area contributed by atoms with E-state index in [2.05, 4.69) is 21.2 Å². The van der Waals surface area contributed by atoms with Crippen LogP contribution in [0.25, 0.3) is 0 Å². The topological polar surface area (TPSA) is 29.1 Å². The number of amides is 1. The number of carbonyl (C=O) groups is 1. The molecule has 21 heavy (non-hydrogen) atoms. The maximum atomic E-state index is 13.4. The third-order valence-corrected chi connectivity index (χ3v) is 4.57. The van der Waals surface area contributed by atoms with Crippen LogP contribution in [0.5, 0.6) is 0 Å². The molecule has 2 nitrogen and oxygen atoms in total. The van der Waals surface area contributed by atoms with Crippen LogP contribution in [0.2, 0.25) is 0 Å². The summed E-state index contributed by atoms with van der Waals surface area (Å²) < 4.78 is 14.2. The van der Waals surface area contributed by atoms with Crippen molar-refractivity contribution >= 4 is 33.6 Å². The summed E-state index contributed by atoms with van der Waals surface area (Å²) in [4.78, 5) is 11.9. The molecule has 0 radical (unpaired) electrons. The van der Waals surface area contributed by atoms with Crippen molar-refractivity contribution in [2.24, 2.45) is 0 Å². The molecule has 0 spiro atoms. The van der Waals surface area contributed by atoms with Gasteiger partial charge in [0.05, 0.1) is 5.56 Å². The van der Waals surface area contributed by atoms with Gasteiger partial charge >= 0.3 is 0 Å². The van der Waals surface area contributed by atoms with Crippen LogP contribution in [0.15, 0.2) is 53.0 Å². The van der Waals surface area contributed by atoms with Crippen molar-refractivity contribution in [3.05, 3.63) is 69.9 Å². The maximum Gasteiger partial charge on any atom is 0.252 e. The average Bonchev–Trinajstić information content (AvgIpc) is 2.49. The van der Waals surface area contributed by atoms with E-state index in [1.54, 1.807) is 30.0 Å². The minimum atomic E-state index is -0.178. The van der Waals surface area contributed by atoms with Gasteiger partial charge in [-0.1, -0.05) is 30.3 Å². The standard InChI is InChI=1S/C16H15BrFNOS/c17-14-7-3-2-6-13(14)16(20)19-9-10-21-11-12-5-1-4-8-15(12)18/h1-8H,9-11H2,(H,19,20). The van der Waals surface area contributed by atoms with Crippen molar-refractivity contribution in [1.29, 1.82) is 0 Å². The number of carbonyl (C=O) groups excluding carboxylic acids is 1. The van der Waals surface area contributed by atoms with Crippen molar-refractivity contribution in [1.82, 2.24) is 5.32 Å². The lowest BCUT2D eigenvalue weighted by Crippen LogP contribution is -2.26. The van der Waals surface area contributed by atoms with Crippen molar-refractivity contribution in [3.8, 4) is 0 Å². The zero-order chi connectivity index (χ0) is 15.1. The van der Waals surface area contributed by atoms with Crippen molar-refractivity contribution in [2.45, 2.75) is 5.75 Å². The first-order valence-electron chi connectivity index (χ1n) is 6.52. The molecule has 0 aromatic heterocycles. The summed E-state index contributed by atoms with van der Waals surface area (Å²) in [5, 5.41) is 2.86. The van der Waals surface area contributed by atoms with Crippen LogP contribution in [0.3, 0.4) is 0 Å². The van der Waals surface area contributed by atoms with Crippen molar-refractivity contribution in [2.75, 3.05) is 12.3 Å². The van der Waals surface area contributed by atoms with Crippen LogP contribution >= 0.6 is 27.7 Å². The Labute approximate surface area is 136 Å². The molecule has 2 rings (SSSR count). The van der Waals surface area contributed by atoms with Gasteiger partial charge in [-0.3, -0.25) is 4.79 Å². The van der Waals surface area contributed by atoms with Crippen molar-refractivity contribution < 1.29 is 9.18 Å². The molecule has 0 bridgehead atoms. The highest BCUT2D eigenvalue weighted by molar-refractivity contribution is 9.10. The molecule has 1 amide bonds. The van der Waals surface area contributed by atoms with Gasteiger partial charge in [0, 0.05) is 22.5 Å². The van der Waals surface area contributed by atoms with E-state index in [-0.39, 0.29) is 11.7 Å². The molecule has 1 N–H and O–H groups in total. The fourth-order valence-electron chi connectivity index (χ4n) is 1.77. The normalized spacial score (nSPS) is 10.4. The predicted molar refractivity (Wildman–Crippen MR) is 89.0 cm³/mol. The Hall–Kier alpha value is -1.33. The lowest BCUT2D eigenvalue weighted by atomic mass is 10.2. The van der Waals surface area contributed by atoms with E-state index < -0.39 is 0 Å². The van der Waals surface area contributed by atoms with Gasteiger partial charge in [0.15, 0.2) is 0 Å². The molecule has 0 fully saturated rings. The molecule has 0 saturated heterocycles. The average molecular weight is 368 g/mol. The third kappa shape index (κ3) is 4.86. The summed E-state index contributed by atoms with van der Waals surface area (Å²) in [6.07, 6.45) is 0. The molecule has 0 aliphatic rings. The Morgan fingerprint density at radius 2 is 1.86 bits per heavy atom. The van der Waals surface area contributed by atoms with Gasteiger partial charge in [0.1, 0.15) is 5.82 Å². The SMILES string of the molecule is O=C(NCCSCc1ccccc1F)c1ccccc1Br. The Morgan fingerprint density at radius 1 is 1.14 bits per heavy atom. The molecule has 110 valence electrons. The number of hydrogen-bond donors (Lipinski definition) is 1. The third-order valence-electron chi connectivity index (χ3n) is 2.87. The molecule has 0 unspecified atom stereocenters. The second-order valence-corrected chi connectivity index (χ2v) is 6.34. The van der Waals surface area contributed by atoms with E-state index >= 15 is 0 Å². The summed E-state index contributed by atoms with van der Waals surface area (Å²) in [5.74, 6) is 1.07. The largest absolute Gasteiger partial charge is 0.351 e. The Kier molecular flexibility index (Phi) is 6.26. The number of nitrogens with one attached hydrogen (secondary N) is 1. The van der Waals surface area contributed by atoms with Crippen molar-refractivity contribution in [3.63, 3.8) is 0 Å². The lowest BCUT2D eigenvalue weighted by molar-refractivity contribution is 0.0955. The Balaban J connectivity index is 1.72. The first-order valence-corrected chi connectivity index (χ1v) is 8.47. The van der Waals surface area contributed by atoms with Crippen LogP contribution in [0, 0.1) is 5.82 Å². The summed E-state index contributed by atoms with van der Waals surface area (Å²) in [7, 11) is 0. The van der Waals surface area contributed by atoms with Crippen LogP contribution in [-0.2, 0) is 5.75 Å². The van der Waals surface area contributed by atoms with Gasteiger partial charge in [-0.05, 0) is 39.7 Å². The zero-order valence-corrected chi connectivity index (χ0v) is 13.7.